The molecule has 132 valence electrons. The van der Waals surface area contributed by atoms with E-state index in [-0.39, 0.29) is 18.0 Å². The second kappa shape index (κ2) is 7.21. The zero-order valence-corrected chi connectivity index (χ0v) is 14.9. The van der Waals surface area contributed by atoms with Crippen LogP contribution >= 0.6 is 0 Å². The van der Waals surface area contributed by atoms with Crippen LogP contribution in [0.4, 0.5) is 11.4 Å². The molecule has 0 N–H and O–H groups in total. The Morgan fingerprint density at radius 3 is 2.58 bits per heavy atom. The average molecular weight is 354 g/mol. The summed E-state index contributed by atoms with van der Waals surface area (Å²) in [6.45, 7) is 2.57. The van der Waals surface area contributed by atoms with Gasteiger partial charge in [0.1, 0.15) is 0 Å². The average Bonchev–Trinajstić information content (AvgIpc) is 2.95. The third-order valence-corrected chi connectivity index (χ3v) is 5.04. The van der Waals surface area contributed by atoms with Crippen molar-refractivity contribution in [1.29, 1.82) is 0 Å². The Kier molecular flexibility index (Phi) is 5.48. The van der Waals surface area contributed by atoms with E-state index in [0.29, 0.717) is 37.2 Å². The van der Waals surface area contributed by atoms with Crippen LogP contribution in [0.2, 0.25) is 0 Å². The van der Waals surface area contributed by atoms with Gasteiger partial charge >= 0.3 is 5.97 Å². The van der Waals surface area contributed by atoms with E-state index < -0.39 is 16.0 Å². The Bertz CT molecular complexity index is 745. The van der Waals surface area contributed by atoms with E-state index in [2.05, 4.69) is 0 Å². The van der Waals surface area contributed by atoms with Gasteiger partial charge in [-0.1, -0.05) is 13.0 Å². The number of sulfonamides is 1. The van der Waals surface area contributed by atoms with Gasteiger partial charge in [0.05, 0.1) is 30.3 Å². The predicted molar refractivity (Wildman–Crippen MR) is 91.8 cm³/mol. The molecular formula is C16H22N2O5S. The summed E-state index contributed by atoms with van der Waals surface area (Å²) in [4.78, 5) is 25.9. The number of esters is 1. The van der Waals surface area contributed by atoms with Gasteiger partial charge in [0, 0.05) is 19.5 Å². The highest BCUT2D eigenvalue weighted by molar-refractivity contribution is 7.92. The van der Waals surface area contributed by atoms with Crippen LogP contribution in [0.3, 0.4) is 0 Å². The minimum Gasteiger partial charge on any atom is -0.465 e. The highest BCUT2D eigenvalue weighted by Gasteiger charge is 2.32. The minimum absolute atomic E-state index is 0.127. The first-order valence-corrected chi connectivity index (χ1v) is 9.65. The van der Waals surface area contributed by atoms with Crippen molar-refractivity contribution in [2.75, 3.05) is 35.7 Å². The molecular weight excluding hydrogens is 332 g/mol. The number of ether oxygens (including phenoxy) is 1. The first-order valence-electron chi connectivity index (χ1n) is 7.80. The third kappa shape index (κ3) is 3.53. The summed E-state index contributed by atoms with van der Waals surface area (Å²) >= 11 is 0. The number of carbonyl (C=O) groups excluding carboxylic acids is 2. The number of para-hydroxylation sites is 1. The van der Waals surface area contributed by atoms with E-state index in [9.17, 15) is 18.0 Å². The van der Waals surface area contributed by atoms with E-state index in [1.807, 2.05) is 6.92 Å². The summed E-state index contributed by atoms with van der Waals surface area (Å²) in [7, 11) is -2.30. The standard InChI is InChI=1S/C16H22N2O5S/c1-4-10-18(24(3,21)22)13-8-5-7-12(16(20)23-2)15(13)17-11-6-9-14(17)19/h5,7-8H,4,6,9-11H2,1-3H3. The Balaban J connectivity index is 2.70. The zero-order valence-electron chi connectivity index (χ0n) is 14.1. The number of amides is 1. The molecule has 1 saturated heterocycles. The fourth-order valence-corrected chi connectivity index (χ4v) is 3.86. The Labute approximate surface area is 142 Å². The first-order chi connectivity index (χ1) is 11.3. The van der Waals surface area contributed by atoms with Crippen LogP contribution in [-0.4, -0.2) is 46.7 Å². The highest BCUT2D eigenvalue weighted by atomic mass is 32.2. The molecule has 0 radical (unpaired) electrons. The monoisotopic (exact) mass is 354 g/mol. The van der Waals surface area contributed by atoms with Crippen molar-refractivity contribution in [3.8, 4) is 0 Å². The van der Waals surface area contributed by atoms with Crippen LogP contribution in [0.5, 0.6) is 0 Å². The minimum atomic E-state index is -3.56. The molecule has 24 heavy (non-hydrogen) atoms. The van der Waals surface area contributed by atoms with Gasteiger partial charge in [0.2, 0.25) is 15.9 Å². The van der Waals surface area contributed by atoms with Crippen LogP contribution in [0, 0.1) is 0 Å². The van der Waals surface area contributed by atoms with Gasteiger partial charge in [-0.25, -0.2) is 13.2 Å². The maximum atomic E-state index is 12.2. The molecule has 1 aromatic rings. The number of rotatable bonds is 6. The molecule has 0 saturated carbocycles. The van der Waals surface area contributed by atoms with Crippen molar-refractivity contribution in [3.05, 3.63) is 23.8 Å². The van der Waals surface area contributed by atoms with Crippen molar-refractivity contribution in [2.45, 2.75) is 26.2 Å². The molecule has 1 heterocycles. The first kappa shape index (κ1) is 18.3. The lowest BCUT2D eigenvalue weighted by atomic mass is 10.1. The van der Waals surface area contributed by atoms with Crippen molar-refractivity contribution in [2.24, 2.45) is 0 Å². The van der Waals surface area contributed by atoms with Crippen molar-refractivity contribution in [1.82, 2.24) is 0 Å². The number of hydrogen-bond acceptors (Lipinski definition) is 5. The summed E-state index contributed by atoms with van der Waals surface area (Å²) in [5, 5.41) is 0. The fourth-order valence-electron chi connectivity index (χ4n) is 2.84. The van der Waals surface area contributed by atoms with Gasteiger partial charge in [0.25, 0.3) is 0 Å². The van der Waals surface area contributed by atoms with Crippen molar-refractivity contribution >= 4 is 33.3 Å². The SMILES string of the molecule is CCCN(c1cccc(C(=O)OC)c1N1CCCC1=O)S(C)(=O)=O. The Hall–Kier alpha value is -2.09. The number of methoxy groups -OCH3 is 1. The molecule has 8 heteroatoms. The number of nitrogens with zero attached hydrogens (tertiary/aromatic N) is 2. The molecule has 1 aliphatic heterocycles. The third-order valence-electron chi connectivity index (χ3n) is 3.86. The molecule has 1 aromatic carbocycles. The molecule has 1 amide bonds. The molecule has 0 bridgehead atoms. The zero-order chi connectivity index (χ0) is 17.9. The van der Waals surface area contributed by atoms with E-state index in [1.54, 1.807) is 18.2 Å². The Morgan fingerprint density at radius 2 is 2.08 bits per heavy atom. The number of anilines is 2. The fraction of sp³-hybridized carbons (Fsp3) is 0.500. The Morgan fingerprint density at radius 1 is 1.38 bits per heavy atom. The largest absolute Gasteiger partial charge is 0.465 e. The van der Waals surface area contributed by atoms with E-state index in [1.165, 1.54) is 16.3 Å². The van der Waals surface area contributed by atoms with Crippen molar-refractivity contribution in [3.63, 3.8) is 0 Å². The summed E-state index contributed by atoms with van der Waals surface area (Å²) in [5.41, 5.74) is 0.832. The van der Waals surface area contributed by atoms with E-state index in [4.69, 9.17) is 4.74 Å². The topological polar surface area (TPSA) is 84.0 Å². The summed E-state index contributed by atoms with van der Waals surface area (Å²) < 4.78 is 30.5. The quantitative estimate of drug-likeness (QED) is 0.727. The van der Waals surface area contributed by atoms with Gasteiger partial charge in [-0.3, -0.25) is 9.10 Å². The van der Waals surface area contributed by atoms with Crippen LogP contribution in [-0.2, 0) is 19.6 Å². The van der Waals surface area contributed by atoms with Gasteiger partial charge in [-0.05, 0) is 25.0 Å². The van der Waals surface area contributed by atoms with Crippen LogP contribution in [0.1, 0.15) is 36.5 Å². The predicted octanol–water partition coefficient (Wildman–Crippen LogP) is 1.78. The van der Waals surface area contributed by atoms with Gasteiger partial charge in [0.15, 0.2) is 0 Å². The van der Waals surface area contributed by atoms with Crippen LogP contribution in [0.15, 0.2) is 18.2 Å². The molecule has 0 unspecified atom stereocenters. The molecule has 2 rings (SSSR count). The van der Waals surface area contributed by atoms with Crippen LogP contribution in [0.25, 0.3) is 0 Å². The molecule has 7 nitrogen and oxygen atoms in total. The molecule has 1 fully saturated rings. The molecule has 1 aliphatic rings. The lowest BCUT2D eigenvalue weighted by molar-refractivity contribution is -0.117. The molecule has 0 atom stereocenters. The van der Waals surface area contributed by atoms with E-state index in [0.717, 1.165) is 6.26 Å². The maximum absolute atomic E-state index is 12.2. The second-order valence-electron chi connectivity index (χ2n) is 5.65. The van der Waals surface area contributed by atoms with E-state index >= 15 is 0 Å². The highest BCUT2D eigenvalue weighted by Crippen LogP contribution is 2.37. The van der Waals surface area contributed by atoms with Crippen molar-refractivity contribution < 1.29 is 22.7 Å². The number of carbonyl (C=O) groups is 2. The molecule has 0 aromatic heterocycles. The molecule has 0 spiro atoms. The lowest BCUT2D eigenvalue weighted by Gasteiger charge is -2.29. The van der Waals surface area contributed by atoms with Gasteiger partial charge in [-0.2, -0.15) is 0 Å². The molecule has 0 aliphatic carbocycles. The summed E-state index contributed by atoms with van der Waals surface area (Å²) in [6, 6.07) is 4.76. The van der Waals surface area contributed by atoms with Gasteiger partial charge in [-0.15, -0.1) is 0 Å². The number of hydrogen-bond donors (Lipinski definition) is 0. The second-order valence-corrected chi connectivity index (χ2v) is 7.56. The summed E-state index contributed by atoms with van der Waals surface area (Å²) in [6.07, 6.45) is 2.76. The van der Waals surface area contributed by atoms with Crippen LogP contribution < -0.4 is 9.21 Å². The van der Waals surface area contributed by atoms with Gasteiger partial charge < -0.3 is 9.64 Å². The summed E-state index contributed by atoms with van der Waals surface area (Å²) in [5.74, 6) is -0.728. The normalized spacial score (nSPS) is 14.8. The maximum Gasteiger partial charge on any atom is 0.340 e. The smallest absolute Gasteiger partial charge is 0.340 e. The number of benzene rings is 1. The lowest BCUT2D eigenvalue weighted by Crippen LogP contribution is -2.34.